The molecule has 1 aromatic heterocycles. The molecule has 0 amide bonds. The molecule has 6 heteroatoms. The lowest BCUT2D eigenvalue weighted by atomic mass is 10.1. The molecule has 0 radical (unpaired) electrons. The Balaban J connectivity index is 2.13. The number of nitriles is 1. The number of nitrogens with zero attached hydrogens (tertiary/aromatic N) is 3. The molecule has 5 nitrogen and oxygen atoms in total. The number of thioether (sulfide) groups is 1. The zero-order chi connectivity index (χ0) is 14.5. The van der Waals surface area contributed by atoms with E-state index in [0.29, 0.717) is 28.0 Å². The molecule has 1 heterocycles. The molecule has 0 aliphatic rings. The van der Waals surface area contributed by atoms with Crippen molar-refractivity contribution in [1.82, 2.24) is 9.97 Å². The van der Waals surface area contributed by atoms with Crippen LogP contribution >= 0.6 is 11.8 Å². The van der Waals surface area contributed by atoms with Crippen molar-refractivity contribution in [2.45, 2.75) is 17.8 Å². The molecule has 0 aliphatic carbocycles. The second-order valence-corrected chi connectivity index (χ2v) is 5.09. The van der Waals surface area contributed by atoms with Crippen LogP contribution in [0.5, 0.6) is 5.75 Å². The fraction of sp³-hybridized carbons (Fsp3) is 0.214. The number of aromatic nitrogens is 2. The van der Waals surface area contributed by atoms with Crippen LogP contribution in [0, 0.1) is 18.3 Å². The number of ether oxygens (including phenoxy) is 1. The highest BCUT2D eigenvalue weighted by atomic mass is 32.2. The SMILES string of the molecule is COc1ccc(CSc2nc(C)cc(N)n2)cc1C#N. The number of rotatable bonds is 4. The zero-order valence-corrected chi connectivity index (χ0v) is 12.1. The predicted molar refractivity (Wildman–Crippen MR) is 78.5 cm³/mol. The first-order valence-corrected chi connectivity index (χ1v) is 6.92. The quantitative estimate of drug-likeness (QED) is 0.686. The summed E-state index contributed by atoms with van der Waals surface area (Å²) in [6, 6.07) is 9.37. The molecule has 0 unspecified atom stereocenters. The van der Waals surface area contributed by atoms with E-state index in [-0.39, 0.29) is 0 Å². The Bertz CT molecular complexity index is 646. The first-order chi connectivity index (χ1) is 9.62. The third-order valence-electron chi connectivity index (χ3n) is 2.61. The number of nitrogen functional groups attached to an aromatic ring is 1. The number of hydrogen-bond donors (Lipinski definition) is 1. The maximum atomic E-state index is 9.05. The summed E-state index contributed by atoms with van der Waals surface area (Å²) >= 11 is 1.48. The van der Waals surface area contributed by atoms with Crippen molar-refractivity contribution in [3.05, 3.63) is 41.1 Å². The Morgan fingerprint density at radius 2 is 2.15 bits per heavy atom. The lowest BCUT2D eigenvalue weighted by Gasteiger charge is -2.06. The van der Waals surface area contributed by atoms with Crippen LogP contribution in [0.3, 0.4) is 0 Å². The highest BCUT2D eigenvalue weighted by Gasteiger charge is 2.06. The molecular formula is C14H14N4OS. The van der Waals surface area contributed by atoms with Gasteiger partial charge in [0, 0.05) is 17.5 Å². The minimum absolute atomic E-state index is 0.465. The van der Waals surface area contributed by atoms with Gasteiger partial charge in [-0.15, -0.1) is 0 Å². The molecule has 2 N–H and O–H groups in total. The number of nitrogens with two attached hydrogens (primary N) is 1. The zero-order valence-electron chi connectivity index (χ0n) is 11.3. The van der Waals surface area contributed by atoms with Gasteiger partial charge in [-0.25, -0.2) is 9.97 Å². The molecule has 102 valence electrons. The fourth-order valence-corrected chi connectivity index (χ4v) is 2.56. The highest BCUT2D eigenvalue weighted by molar-refractivity contribution is 7.98. The summed E-state index contributed by atoms with van der Waals surface area (Å²) in [4.78, 5) is 8.47. The van der Waals surface area contributed by atoms with Crippen molar-refractivity contribution < 1.29 is 4.74 Å². The first kappa shape index (κ1) is 14.2. The van der Waals surface area contributed by atoms with Gasteiger partial charge < -0.3 is 10.5 Å². The standard InChI is InChI=1S/C14H14N4OS/c1-9-5-13(16)18-14(17-9)20-8-10-3-4-12(19-2)11(6-10)7-15/h3-6H,8H2,1-2H3,(H2,16,17,18). The van der Waals surface area contributed by atoms with Crippen molar-refractivity contribution in [2.75, 3.05) is 12.8 Å². The van der Waals surface area contributed by atoms with E-state index >= 15 is 0 Å². The summed E-state index contributed by atoms with van der Waals surface area (Å²) < 4.78 is 5.11. The third-order valence-corrected chi connectivity index (χ3v) is 3.52. The minimum atomic E-state index is 0.465. The predicted octanol–water partition coefficient (Wildman–Crippen LogP) is 2.54. The van der Waals surface area contributed by atoms with Crippen molar-refractivity contribution in [2.24, 2.45) is 0 Å². The molecule has 0 bridgehead atoms. The van der Waals surface area contributed by atoms with E-state index < -0.39 is 0 Å². The van der Waals surface area contributed by atoms with Gasteiger partial charge in [0.15, 0.2) is 5.16 Å². The van der Waals surface area contributed by atoms with E-state index in [1.54, 1.807) is 19.2 Å². The van der Waals surface area contributed by atoms with Crippen LogP contribution < -0.4 is 10.5 Å². The number of hydrogen-bond acceptors (Lipinski definition) is 6. The Hall–Kier alpha value is -2.26. The second kappa shape index (κ2) is 6.26. The smallest absolute Gasteiger partial charge is 0.190 e. The first-order valence-electron chi connectivity index (χ1n) is 5.93. The van der Waals surface area contributed by atoms with E-state index in [4.69, 9.17) is 15.7 Å². The summed E-state index contributed by atoms with van der Waals surface area (Å²) in [5.41, 5.74) is 8.06. The molecule has 0 fully saturated rings. The van der Waals surface area contributed by atoms with Gasteiger partial charge in [-0.2, -0.15) is 5.26 Å². The van der Waals surface area contributed by atoms with Gasteiger partial charge in [-0.1, -0.05) is 17.8 Å². The maximum absolute atomic E-state index is 9.05. The Labute approximate surface area is 121 Å². The number of anilines is 1. The molecule has 20 heavy (non-hydrogen) atoms. The number of aryl methyl sites for hydroxylation is 1. The summed E-state index contributed by atoms with van der Waals surface area (Å²) in [5.74, 6) is 1.71. The van der Waals surface area contributed by atoms with Gasteiger partial charge in [0.25, 0.3) is 0 Å². The summed E-state index contributed by atoms with van der Waals surface area (Å²) in [7, 11) is 1.55. The minimum Gasteiger partial charge on any atom is -0.495 e. The largest absolute Gasteiger partial charge is 0.495 e. The van der Waals surface area contributed by atoms with Crippen LogP contribution in [0.25, 0.3) is 0 Å². The van der Waals surface area contributed by atoms with E-state index in [0.717, 1.165) is 11.3 Å². The lowest BCUT2D eigenvalue weighted by Crippen LogP contribution is -1.97. The van der Waals surface area contributed by atoms with Gasteiger partial charge in [-0.05, 0) is 24.6 Å². The van der Waals surface area contributed by atoms with Gasteiger partial charge in [0.2, 0.25) is 0 Å². The second-order valence-electron chi connectivity index (χ2n) is 4.15. The van der Waals surface area contributed by atoms with Crippen LogP contribution in [0.4, 0.5) is 5.82 Å². The van der Waals surface area contributed by atoms with Crippen LogP contribution in [0.15, 0.2) is 29.4 Å². The van der Waals surface area contributed by atoms with Crippen molar-refractivity contribution >= 4 is 17.6 Å². The monoisotopic (exact) mass is 286 g/mol. The summed E-state index contributed by atoms with van der Waals surface area (Å²) in [6.07, 6.45) is 0. The molecule has 2 rings (SSSR count). The van der Waals surface area contributed by atoms with E-state index in [1.807, 2.05) is 19.1 Å². The molecule has 2 aromatic rings. The summed E-state index contributed by atoms with van der Waals surface area (Å²) in [5, 5.41) is 9.69. The van der Waals surface area contributed by atoms with Gasteiger partial charge >= 0.3 is 0 Å². The normalized spacial score (nSPS) is 10.1. The molecule has 0 atom stereocenters. The van der Waals surface area contributed by atoms with E-state index in [2.05, 4.69) is 16.0 Å². The molecule has 0 aliphatic heterocycles. The maximum Gasteiger partial charge on any atom is 0.190 e. The molecule has 0 saturated carbocycles. The van der Waals surface area contributed by atoms with Gasteiger partial charge in [0.1, 0.15) is 17.6 Å². The van der Waals surface area contributed by atoms with Crippen LogP contribution in [-0.2, 0) is 5.75 Å². The topological polar surface area (TPSA) is 84.8 Å². The van der Waals surface area contributed by atoms with Gasteiger partial charge in [0.05, 0.1) is 12.7 Å². The van der Waals surface area contributed by atoms with E-state index in [9.17, 15) is 0 Å². The number of methoxy groups -OCH3 is 1. The molecular weight excluding hydrogens is 272 g/mol. The average Bonchev–Trinajstić information content (AvgIpc) is 2.43. The summed E-state index contributed by atoms with van der Waals surface area (Å²) in [6.45, 7) is 1.88. The van der Waals surface area contributed by atoms with Crippen molar-refractivity contribution in [1.29, 1.82) is 5.26 Å². The molecule has 1 aromatic carbocycles. The Morgan fingerprint density at radius 1 is 1.35 bits per heavy atom. The van der Waals surface area contributed by atoms with Crippen molar-refractivity contribution in [3.63, 3.8) is 0 Å². The van der Waals surface area contributed by atoms with Crippen LogP contribution in [0.1, 0.15) is 16.8 Å². The lowest BCUT2D eigenvalue weighted by molar-refractivity contribution is 0.413. The average molecular weight is 286 g/mol. The molecule has 0 saturated heterocycles. The number of benzene rings is 1. The van der Waals surface area contributed by atoms with Crippen molar-refractivity contribution in [3.8, 4) is 11.8 Å². The third kappa shape index (κ3) is 3.39. The Kier molecular flexibility index (Phi) is 4.43. The fourth-order valence-electron chi connectivity index (χ4n) is 1.71. The van der Waals surface area contributed by atoms with E-state index in [1.165, 1.54) is 11.8 Å². The van der Waals surface area contributed by atoms with Crippen LogP contribution in [0.2, 0.25) is 0 Å². The highest BCUT2D eigenvalue weighted by Crippen LogP contribution is 2.24. The van der Waals surface area contributed by atoms with Crippen LogP contribution in [-0.4, -0.2) is 17.1 Å². The Morgan fingerprint density at radius 3 is 2.80 bits per heavy atom. The van der Waals surface area contributed by atoms with Gasteiger partial charge in [-0.3, -0.25) is 0 Å². The molecule has 0 spiro atoms.